The second-order valence-corrected chi connectivity index (χ2v) is 9.73. The van der Waals surface area contributed by atoms with Gasteiger partial charge in [-0.1, -0.05) is 6.08 Å². The molecule has 0 saturated carbocycles. The molecule has 10 nitrogen and oxygen atoms in total. The summed E-state index contributed by atoms with van der Waals surface area (Å²) >= 11 is 0. The molecule has 5 heterocycles. The van der Waals surface area contributed by atoms with Gasteiger partial charge in [0.05, 0.1) is 23.3 Å². The number of hydrogen-bond acceptors (Lipinski definition) is 9. The first kappa shape index (κ1) is 21.0. The fourth-order valence-corrected chi connectivity index (χ4v) is 4.41. The minimum absolute atomic E-state index is 0.0407. The zero-order valence-corrected chi connectivity index (χ0v) is 19.0. The SMILES string of the molecule is Cc1nc(S(C)(=O)=O)ccc1Nc1nccn2c(C3=CCN(c4ncccn4)CC3)cnc12. The van der Waals surface area contributed by atoms with Crippen LogP contribution in [0.25, 0.3) is 11.2 Å². The highest BCUT2D eigenvalue weighted by Gasteiger charge is 2.19. The van der Waals surface area contributed by atoms with Crippen LogP contribution in [-0.4, -0.2) is 57.1 Å². The van der Waals surface area contributed by atoms with Crippen molar-refractivity contribution in [3.05, 3.63) is 66.6 Å². The van der Waals surface area contributed by atoms with Crippen LogP contribution in [0.4, 0.5) is 17.5 Å². The van der Waals surface area contributed by atoms with Crippen LogP contribution in [0, 0.1) is 6.92 Å². The number of sulfone groups is 1. The van der Waals surface area contributed by atoms with E-state index in [9.17, 15) is 8.42 Å². The Labute approximate surface area is 191 Å². The number of anilines is 3. The minimum Gasteiger partial charge on any atom is -0.337 e. The van der Waals surface area contributed by atoms with Gasteiger partial charge in [-0.2, -0.15) is 0 Å². The molecule has 4 aromatic heterocycles. The number of aromatic nitrogens is 6. The van der Waals surface area contributed by atoms with Gasteiger partial charge in [-0.05, 0) is 37.1 Å². The van der Waals surface area contributed by atoms with Crippen LogP contribution in [0.2, 0.25) is 0 Å². The Morgan fingerprint density at radius 2 is 1.88 bits per heavy atom. The summed E-state index contributed by atoms with van der Waals surface area (Å²) in [6.45, 7) is 3.29. The van der Waals surface area contributed by atoms with Gasteiger partial charge in [0.1, 0.15) is 0 Å². The summed E-state index contributed by atoms with van der Waals surface area (Å²) in [4.78, 5) is 24.0. The molecule has 1 aliphatic heterocycles. The maximum Gasteiger partial charge on any atom is 0.225 e. The van der Waals surface area contributed by atoms with Crippen LogP contribution in [-0.2, 0) is 9.84 Å². The van der Waals surface area contributed by atoms with Crippen LogP contribution >= 0.6 is 0 Å². The van der Waals surface area contributed by atoms with Crippen LogP contribution in [0.1, 0.15) is 17.8 Å². The molecule has 0 aromatic carbocycles. The first-order valence-corrected chi connectivity index (χ1v) is 12.3. The van der Waals surface area contributed by atoms with E-state index in [0.29, 0.717) is 22.8 Å². The van der Waals surface area contributed by atoms with E-state index < -0.39 is 9.84 Å². The quantitative estimate of drug-likeness (QED) is 0.477. The molecule has 1 N–H and O–H groups in total. The predicted octanol–water partition coefficient (Wildman–Crippen LogP) is 2.66. The van der Waals surface area contributed by atoms with Crippen molar-refractivity contribution in [2.75, 3.05) is 29.6 Å². The molecule has 0 radical (unpaired) electrons. The summed E-state index contributed by atoms with van der Waals surface area (Å²) in [5, 5.41) is 3.28. The van der Waals surface area contributed by atoms with E-state index in [2.05, 4.69) is 41.2 Å². The third kappa shape index (κ3) is 4.14. The third-order valence-corrected chi connectivity index (χ3v) is 6.48. The van der Waals surface area contributed by atoms with Crippen LogP contribution < -0.4 is 10.2 Å². The van der Waals surface area contributed by atoms with Crippen LogP contribution in [0.3, 0.4) is 0 Å². The number of aryl methyl sites for hydroxylation is 1. The number of fused-ring (bicyclic) bond motifs is 1. The Kier molecular flexibility index (Phi) is 5.25. The summed E-state index contributed by atoms with van der Waals surface area (Å²) in [7, 11) is -3.37. The van der Waals surface area contributed by atoms with Crippen LogP contribution in [0.5, 0.6) is 0 Å². The molecule has 4 aromatic rings. The summed E-state index contributed by atoms with van der Waals surface area (Å²) in [5.74, 6) is 1.30. The highest BCUT2D eigenvalue weighted by atomic mass is 32.2. The molecule has 0 saturated heterocycles. The van der Waals surface area contributed by atoms with Crippen molar-refractivity contribution < 1.29 is 8.42 Å². The number of nitrogens with zero attached hydrogens (tertiary/aromatic N) is 7. The fraction of sp³-hybridized carbons (Fsp3) is 0.227. The van der Waals surface area contributed by atoms with Gasteiger partial charge in [0.25, 0.3) is 0 Å². The first-order chi connectivity index (χ1) is 15.9. The molecule has 0 amide bonds. The van der Waals surface area contributed by atoms with Gasteiger partial charge < -0.3 is 10.2 Å². The number of rotatable bonds is 5. The Hall–Kier alpha value is -3.86. The highest BCUT2D eigenvalue weighted by Crippen LogP contribution is 2.28. The second-order valence-electron chi connectivity index (χ2n) is 7.77. The second kappa shape index (κ2) is 8.24. The topological polar surface area (TPSA) is 118 Å². The number of pyridine rings is 1. The normalized spacial score (nSPS) is 14.4. The molecular formula is C22H22N8O2S. The van der Waals surface area contributed by atoms with Crippen molar-refractivity contribution in [3.8, 4) is 0 Å². The summed E-state index contributed by atoms with van der Waals surface area (Å²) in [6, 6.07) is 4.99. The Morgan fingerprint density at radius 3 is 2.58 bits per heavy atom. The summed E-state index contributed by atoms with van der Waals surface area (Å²) in [6.07, 6.45) is 13.1. The van der Waals surface area contributed by atoms with Crippen molar-refractivity contribution in [1.29, 1.82) is 0 Å². The Morgan fingerprint density at radius 1 is 1.06 bits per heavy atom. The van der Waals surface area contributed by atoms with Crippen molar-refractivity contribution in [1.82, 2.24) is 29.3 Å². The fourth-order valence-electron chi connectivity index (χ4n) is 3.79. The number of imidazole rings is 1. The minimum atomic E-state index is -3.37. The van der Waals surface area contributed by atoms with Gasteiger partial charge in [-0.3, -0.25) is 4.40 Å². The zero-order chi connectivity index (χ0) is 23.0. The number of hydrogen-bond donors (Lipinski definition) is 1. The summed E-state index contributed by atoms with van der Waals surface area (Å²) in [5.41, 5.74) is 4.11. The molecule has 168 valence electrons. The van der Waals surface area contributed by atoms with E-state index in [1.165, 1.54) is 11.6 Å². The van der Waals surface area contributed by atoms with Crippen molar-refractivity contribution in [2.24, 2.45) is 0 Å². The lowest BCUT2D eigenvalue weighted by Crippen LogP contribution is -2.29. The molecule has 5 rings (SSSR count). The van der Waals surface area contributed by atoms with E-state index in [-0.39, 0.29) is 5.03 Å². The van der Waals surface area contributed by atoms with Gasteiger partial charge in [-0.15, -0.1) is 0 Å². The molecule has 0 aliphatic carbocycles. The highest BCUT2D eigenvalue weighted by molar-refractivity contribution is 7.90. The lowest BCUT2D eigenvalue weighted by Gasteiger charge is -2.26. The average Bonchev–Trinajstić information content (AvgIpc) is 3.25. The monoisotopic (exact) mass is 462 g/mol. The summed E-state index contributed by atoms with van der Waals surface area (Å²) < 4.78 is 25.5. The molecule has 0 bridgehead atoms. The van der Waals surface area contributed by atoms with Crippen molar-refractivity contribution in [3.63, 3.8) is 0 Å². The van der Waals surface area contributed by atoms with Gasteiger partial charge in [-0.25, -0.2) is 33.3 Å². The third-order valence-electron chi connectivity index (χ3n) is 5.49. The molecular weight excluding hydrogens is 440 g/mol. The van der Waals surface area contributed by atoms with Crippen molar-refractivity contribution >= 4 is 38.5 Å². The van der Waals surface area contributed by atoms with Crippen LogP contribution in [0.15, 0.2) is 60.3 Å². The molecule has 0 unspecified atom stereocenters. The van der Waals surface area contributed by atoms with E-state index in [1.54, 1.807) is 31.6 Å². The maximum absolute atomic E-state index is 11.8. The largest absolute Gasteiger partial charge is 0.337 e. The van der Waals surface area contributed by atoms with Gasteiger partial charge in [0, 0.05) is 44.1 Å². The standard InChI is InChI=1S/C22H22N8O2S/c1-15-17(4-5-19(27-15)33(2,31)32)28-20-21-26-14-18(30(21)13-10-23-20)16-6-11-29(12-7-16)22-24-8-3-9-25-22/h3-6,8-10,13-14H,7,11-12H2,1-2H3,(H,23,28). The van der Waals surface area contributed by atoms with E-state index in [0.717, 1.165) is 37.4 Å². The van der Waals surface area contributed by atoms with Crippen molar-refractivity contribution in [2.45, 2.75) is 18.4 Å². The first-order valence-electron chi connectivity index (χ1n) is 10.4. The van der Waals surface area contributed by atoms with E-state index in [1.807, 2.05) is 22.9 Å². The zero-order valence-electron chi connectivity index (χ0n) is 18.2. The number of nitrogens with one attached hydrogen (secondary N) is 1. The van der Waals surface area contributed by atoms with Gasteiger partial charge >= 0.3 is 0 Å². The molecule has 11 heteroatoms. The molecule has 1 aliphatic rings. The van der Waals surface area contributed by atoms with Gasteiger partial charge in [0.2, 0.25) is 5.95 Å². The molecule has 0 fully saturated rings. The van der Waals surface area contributed by atoms with E-state index in [4.69, 9.17) is 0 Å². The van der Waals surface area contributed by atoms with E-state index >= 15 is 0 Å². The molecule has 0 spiro atoms. The molecule has 33 heavy (non-hydrogen) atoms. The maximum atomic E-state index is 11.8. The lowest BCUT2D eigenvalue weighted by atomic mass is 10.1. The lowest BCUT2D eigenvalue weighted by molar-refractivity contribution is 0.598. The molecule has 0 atom stereocenters. The smallest absolute Gasteiger partial charge is 0.225 e. The Bertz CT molecular complexity index is 1460. The average molecular weight is 463 g/mol. The van der Waals surface area contributed by atoms with Gasteiger partial charge in [0.15, 0.2) is 26.3 Å². The predicted molar refractivity (Wildman–Crippen MR) is 125 cm³/mol. The Balaban J connectivity index is 1.42.